The number of Topliss-reactive ketones (excluding diaryl/α,β-unsaturated/α-hetero) is 1. The van der Waals surface area contributed by atoms with Crippen LogP contribution in [0.4, 0.5) is 0 Å². The van der Waals surface area contributed by atoms with Crippen LogP contribution in [0.3, 0.4) is 0 Å². The summed E-state index contributed by atoms with van der Waals surface area (Å²) in [5.74, 6) is -1.56. The average Bonchev–Trinajstić information content (AvgIpc) is 2.86. The van der Waals surface area contributed by atoms with E-state index >= 15 is 0 Å². The van der Waals surface area contributed by atoms with E-state index in [-0.39, 0.29) is 13.2 Å². The highest BCUT2D eigenvalue weighted by atomic mass is 28.4. The fourth-order valence-corrected chi connectivity index (χ4v) is 3.27. The molecule has 0 aliphatic heterocycles. The molecule has 11 heteroatoms. The van der Waals surface area contributed by atoms with Crippen LogP contribution in [0.1, 0.15) is 10.4 Å². The Hall–Kier alpha value is -1.70. The minimum Gasteiger partial charge on any atom is -0.457 e. The van der Waals surface area contributed by atoms with Gasteiger partial charge in [0.15, 0.2) is 8.32 Å². The van der Waals surface area contributed by atoms with Gasteiger partial charge in [-0.3, -0.25) is 4.79 Å². The maximum atomic E-state index is 11.8. The van der Waals surface area contributed by atoms with Crippen molar-refractivity contribution in [1.29, 1.82) is 0 Å². The van der Waals surface area contributed by atoms with Gasteiger partial charge in [0.2, 0.25) is 0 Å². The first-order chi connectivity index (χ1) is 17.4. The smallest absolute Gasteiger partial charge is 0.379 e. The van der Waals surface area contributed by atoms with E-state index in [0.29, 0.717) is 84.8 Å². The maximum absolute atomic E-state index is 11.8. The Morgan fingerprint density at radius 1 is 0.556 bits per heavy atom. The zero-order chi connectivity index (χ0) is 26.3. The highest BCUT2D eigenvalue weighted by molar-refractivity contribution is 6.69. The molecule has 0 radical (unpaired) electrons. The number of ketones is 1. The molecule has 1 aromatic rings. The number of hydrogen-bond donors (Lipinski definition) is 0. The van der Waals surface area contributed by atoms with Crippen LogP contribution in [-0.4, -0.2) is 113 Å². The van der Waals surface area contributed by atoms with Crippen molar-refractivity contribution in [2.24, 2.45) is 0 Å². The van der Waals surface area contributed by atoms with Crippen molar-refractivity contribution < 1.29 is 47.2 Å². The van der Waals surface area contributed by atoms with Gasteiger partial charge in [-0.05, 0) is 19.6 Å². The van der Waals surface area contributed by atoms with E-state index in [2.05, 4.69) is 19.6 Å². The largest absolute Gasteiger partial charge is 0.457 e. The van der Waals surface area contributed by atoms with Gasteiger partial charge in [0, 0.05) is 5.56 Å². The fourth-order valence-electron chi connectivity index (χ4n) is 2.57. The standard InChI is InChI=1S/C25H42O10Si/c1-36(2,3)35-22-20-33-18-16-31-14-12-29-10-9-28-11-13-30-15-17-32-19-21-34-25(27)24(26)23-7-5-4-6-8-23/h4-8H,9-22H2,1-3H3. The number of hydrogen-bond acceptors (Lipinski definition) is 10. The molecule has 1 aromatic carbocycles. The van der Waals surface area contributed by atoms with Crippen LogP contribution in [0.2, 0.25) is 19.6 Å². The summed E-state index contributed by atoms with van der Waals surface area (Å²) >= 11 is 0. The third kappa shape index (κ3) is 19.5. The molecule has 36 heavy (non-hydrogen) atoms. The maximum Gasteiger partial charge on any atom is 0.379 e. The van der Waals surface area contributed by atoms with Crippen molar-refractivity contribution >= 4 is 20.1 Å². The van der Waals surface area contributed by atoms with Crippen LogP contribution in [-0.2, 0) is 42.4 Å². The molecule has 0 bridgehead atoms. The lowest BCUT2D eigenvalue weighted by atomic mass is 10.1. The molecule has 0 spiro atoms. The topological polar surface area (TPSA) is 108 Å². The first-order valence-electron chi connectivity index (χ1n) is 12.3. The molecular weight excluding hydrogens is 488 g/mol. The zero-order valence-corrected chi connectivity index (χ0v) is 22.9. The second-order valence-electron chi connectivity index (χ2n) is 8.47. The second kappa shape index (κ2) is 21.4. The van der Waals surface area contributed by atoms with E-state index < -0.39 is 20.1 Å². The van der Waals surface area contributed by atoms with Crippen molar-refractivity contribution in [2.75, 3.05) is 92.5 Å². The van der Waals surface area contributed by atoms with Crippen LogP contribution in [0.25, 0.3) is 0 Å². The predicted octanol–water partition coefficient (Wildman–Crippen LogP) is 2.36. The molecule has 0 heterocycles. The van der Waals surface area contributed by atoms with Crippen LogP contribution in [0.15, 0.2) is 30.3 Å². The number of esters is 1. The molecule has 0 atom stereocenters. The second-order valence-corrected chi connectivity index (χ2v) is 13.0. The number of rotatable bonds is 24. The monoisotopic (exact) mass is 530 g/mol. The van der Waals surface area contributed by atoms with Gasteiger partial charge in [-0.1, -0.05) is 30.3 Å². The molecule has 0 saturated carbocycles. The minimum atomic E-state index is -1.46. The molecule has 0 unspecified atom stereocenters. The summed E-state index contributed by atoms with van der Waals surface area (Å²) in [7, 11) is -1.46. The Labute approximate surface area is 215 Å². The molecule has 0 N–H and O–H groups in total. The highest BCUT2D eigenvalue weighted by Gasteiger charge is 2.17. The molecule has 0 fully saturated rings. The lowest BCUT2D eigenvalue weighted by Crippen LogP contribution is -2.27. The van der Waals surface area contributed by atoms with Crippen LogP contribution < -0.4 is 0 Å². The van der Waals surface area contributed by atoms with Gasteiger partial charge in [-0.25, -0.2) is 4.79 Å². The SMILES string of the molecule is C[Si](C)(C)OCCOCCOCCOCCOCCOCCOCCOC(=O)C(=O)c1ccccc1. The summed E-state index contributed by atoms with van der Waals surface area (Å²) in [5.41, 5.74) is 0.302. The summed E-state index contributed by atoms with van der Waals surface area (Å²) in [6.07, 6.45) is 0. The molecule has 206 valence electrons. The van der Waals surface area contributed by atoms with E-state index in [1.807, 2.05) is 0 Å². The van der Waals surface area contributed by atoms with E-state index in [4.69, 9.17) is 37.6 Å². The summed E-state index contributed by atoms with van der Waals surface area (Å²) in [5, 5.41) is 0. The van der Waals surface area contributed by atoms with Gasteiger partial charge in [-0.15, -0.1) is 0 Å². The van der Waals surface area contributed by atoms with Gasteiger partial charge < -0.3 is 37.6 Å². The van der Waals surface area contributed by atoms with E-state index in [9.17, 15) is 9.59 Å². The van der Waals surface area contributed by atoms with Gasteiger partial charge in [0.1, 0.15) is 6.61 Å². The first kappa shape index (κ1) is 32.3. The number of ether oxygens (including phenoxy) is 7. The Kier molecular flexibility index (Phi) is 19.2. The van der Waals surface area contributed by atoms with Crippen molar-refractivity contribution in [3.63, 3.8) is 0 Å². The highest BCUT2D eigenvalue weighted by Crippen LogP contribution is 2.02. The van der Waals surface area contributed by atoms with Crippen molar-refractivity contribution in [3.05, 3.63) is 35.9 Å². The first-order valence-corrected chi connectivity index (χ1v) is 15.7. The summed E-state index contributed by atoms with van der Waals surface area (Å²) in [6.45, 7) is 12.6. The van der Waals surface area contributed by atoms with Crippen LogP contribution in [0, 0.1) is 0 Å². The van der Waals surface area contributed by atoms with Crippen molar-refractivity contribution in [1.82, 2.24) is 0 Å². The van der Waals surface area contributed by atoms with E-state index in [1.165, 1.54) is 0 Å². The molecule has 10 nitrogen and oxygen atoms in total. The molecule has 1 rings (SSSR count). The third-order valence-electron chi connectivity index (χ3n) is 4.30. The number of carbonyl (C=O) groups excluding carboxylic acids is 2. The molecule has 0 amide bonds. The molecule has 0 aliphatic carbocycles. The summed E-state index contributed by atoms with van der Waals surface area (Å²) < 4.78 is 43.0. The Morgan fingerprint density at radius 3 is 1.31 bits per heavy atom. The normalized spacial score (nSPS) is 11.5. The average molecular weight is 531 g/mol. The van der Waals surface area contributed by atoms with Gasteiger partial charge in [-0.2, -0.15) is 0 Å². The van der Waals surface area contributed by atoms with Crippen molar-refractivity contribution in [3.8, 4) is 0 Å². The lowest BCUT2D eigenvalue weighted by molar-refractivity contribution is -0.139. The van der Waals surface area contributed by atoms with E-state index in [0.717, 1.165) is 0 Å². The number of carbonyl (C=O) groups is 2. The fraction of sp³-hybridized carbons (Fsp3) is 0.680. The van der Waals surface area contributed by atoms with Gasteiger partial charge in [0.05, 0.1) is 85.9 Å². The van der Waals surface area contributed by atoms with Crippen LogP contribution in [0.5, 0.6) is 0 Å². The number of benzene rings is 1. The molecular formula is C25H42O10Si. The molecule has 0 saturated heterocycles. The minimum absolute atomic E-state index is 0.00752. The Morgan fingerprint density at radius 2 is 0.917 bits per heavy atom. The predicted molar refractivity (Wildman–Crippen MR) is 136 cm³/mol. The Balaban J connectivity index is 1.74. The van der Waals surface area contributed by atoms with Gasteiger partial charge >= 0.3 is 5.97 Å². The third-order valence-corrected chi connectivity index (χ3v) is 5.38. The Bertz CT molecular complexity index is 681. The van der Waals surface area contributed by atoms with E-state index in [1.54, 1.807) is 30.3 Å². The summed E-state index contributed by atoms with van der Waals surface area (Å²) in [4.78, 5) is 23.5. The quantitative estimate of drug-likeness (QED) is 0.0650. The van der Waals surface area contributed by atoms with Crippen LogP contribution >= 0.6 is 0 Å². The van der Waals surface area contributed by atoms with Gasteiger partial charge in [0.25, 0.3) is 5.78 Å². The molecule has 0 aromatic heterocycles. The summed E-state index contributed by atoms with van der Waals surface area (Å²) in [6, 6.07) is 8.27. The lowest BCUT2D eigenvalue weighted by Gasteiger charge is -2.16. The van der Waals surface area contributed by atoms with Crippen molar-refractivity contribution in [2.45, 2.75) is 19.6 Å². The molecule has 0 aliphatic rings. The zero-order valence-electron chi connectivity index (χ0n) is 21.9.